The van der Waals surface area contributed by atoms with Crippen molar-refractivity contribution in [3.8, 4) is 0 Å². The first-order valence-electron chi connectivity index (χ1n) is 8.83. The second kappa shape index (κ2) is 5.94. The van der Waals surface area contributed by atoms with Gasteiger partial charge in [0.25, 0.3) is 0 Å². The molecule has 3 heteroatoms. The highest BCUT2D eigenvalue weighted by Crippen LogP contribution is 2.41. The minimum Gasteiger partial charge on any atom is -0.329 e. The van der Waals surface area contributed by atoms with Crippen LogP contribution in [-0.4, -0.2) is 54.6 Å². The second-order valence-electron chi connectivity index (χ2n) is 7.70. The van der Waals surface area contributed by atoms with Crippen molar-refractivity contribution >= 4 is 0 Å². The first-order chi connectivity index (χ1) is 9.65. The molecule has 3 nitrogen and oxygen atoms in total. The molecule has 0 aromatic rings. The van der Waals surface area contributed by atoms with E-state index >= 15 is 0 Å². The van der Waals surface area contributed by atoms with E-state index in [0.717, 1.165) is 24.3 Å². The Morgan fingerprint density at radius 3 is 2.35 bits per heavy atom. The molecule has 0 radical (unpaired) electrons. The summed E-state index contributed by atoms with van der Waals surface area (Å²) in [6.07, 6.45) is 7.02. The Kier molecular flexibility index (Phi) is 4.40. The van der Waals surface area contributed by atoms with Crippen LogP contribution in [0.5, 0.6) is 0 Å². The van der Waals surface area contributed by atoms with E-state index in [4.69, 9.17) is 5.73 Å². The lowest BCUT2D eigenvalue weighted by molar-refractivity contribution is -0.0375. The van der Waals surface area contributed by atoms with Crippen LogP contribution in [0.4, 0.5) is 0 Å². The molecule has 20 heavy (non-hydrogen) atoms. The molecule has 0 bridgehead atoms. The fraction of sp³-hybridized carbons (Fsp3) is 1.00. The summed E-state index contributed by atoms with van der Waals surface area (Å²) in [6.45, 7) is 12.1. The van der Waals surface area contributed by atoms with E-state index < -0.39 is 0 Å². The third-order valence-corrected chi connectivity index (χ3v) is 6.54. The topological polar surface area (TPSA) is 32.5 Å². The molecule has 3 unspecified atom stereocenters. The molecule has 2 saturated carbocycles. The van der Waals surface area contributed by atoms with Gasteiger partial charge in [0.15, 0.2) is 0 Å². The van der Waals surface area contributed by atoms with Crippen LogP contribution in [-0.2, 0) is 0 Å². The minimum absolute atomic E-state index is 0.295. The molecule has 3 aliphatic rings. The lowest BCUT2D eigenvalue weighted by Gasteiger charge is -2.54. The Hall–Kier alpha value is -0.120. The van der Waals surface area contributed by atoms with Crippen molar-refractivity contribution in [1.82, 2.24) is 9.80 Å². The maximum absolute atomic E-state index is 6.29. The van der Waals surface area contributed by atoms with Gasteiger partial charge in [-0.3, -0.25) is 4.90 Å². The number of nitrogens with two attached hydrogens (primary N) is 1. The first kappa shape index (κ1) is 14.8. The average Bonchev–Trinajstić information content (AvgIpc) is 3.27. The number of nitrogens with zero attached hydrogens (tertiary/aromatic N) is 2. The molecule has 3 atom stereocenters. The highest BCUT2D eigenvalue weighted by molar-refractivity contribution is 5.01. The van der Waals surface area contributed by atoms with E-state index in [0.29, 0.717) is 5.54 Å². The van der Waals surface area contributed by atoms with Crippen molar-refractivity contribution in [2.75, 3.05) is 39.3 Å². The predicted molar refractivity (Wildman–Crippen MR) is 84.7 cm³/mol. The fourth-order valence-corrected chi connectivity index (χ4v) is 4.64. The van der Waals surface area contributed by atoms with Gasteiger partial charge in [-0.2, -0.15) is 0 Å². The maximum Gasteiger partial charge on any atom is 0.0360 e. The van der Waals surface area contributed by atoms with Crippen molar-refractivity contribution in [3.63, 3.8) is 0 Å². The zero-order valence-corrected chi connectivity index (χ0v) is 13.5. The minimum atomic E-state index is 0.295. The van der Waals surface area contributed by atoms with Crippen LogP contribution in [0.1, 0.15) is 46.0 Å². The molecule has 1 aliphatic heterocycles. The monoisotopic (exact) mass is 279 g/mol. The Labute approximate surface area is 124 Å². The number of hydrogen-bond acceptors (Lipinski definition) is 3. The molecule has 0 spiro atoms. The molecule has 116 valence electrons. The van der Waals surface area contributed by atoms with Gasteiger partial charge >= 0.3 is 0 Å². The summed E-state index contributed by atoms with van der Waals surface area (Å²) in [7, 11) is 0. The summed E-state index contributed by atoms with van der Waals surface area (Å²) in [6, 6.07) is 0. The summed E-state index contributed by atoms with van der Waals surface area (Å²) in [5.41, 5.74) is 6.59. The number of hydrogen-bond donors (Lipinski definition) is 1. The lowest BCUT2D eigenvalue weighted by atomic mass is 9.67. The third-order valence-electron chi connectivity index (χ3n) is 6.54. The quantitative estimate of drug-likeness (QED) is 0.856. The number of piperazine rings is 1. The molecule has 2 aliphatic carbocycles. The average molecular weight is 279 g/mol. The van der Waals surface area contributed by atoms with E-state index in [9.17, 15) is 0 Å². The molecule has 3 fully saturated rings. The van der Waals surface area contributed by atoms with Crippen LogP contribution in [0, 0.1) is 17.8 Å². The van der Waals surface area contributed by atoms with E-state index in [2.05, 4.69) is 23.6 Å². The van der Waals surface area contributed by atoms with Crippen molar-refractivity contribution in [1.29, 1.82) is 0 Å². The molecular weight excluding hydrogens is 246 g/mol. The van der Waals surface area contributed by atoms with Crippen molar-refractivity contribution in [3.05, 3.63) is 0 Å². The van der Waals surface area contributed by atoms with Crippen LogP contribution in [0.2, 0.25) is 0 Å². The van der Waals surface area contributed by atoms with E-state index in [1.54, 1.807) is 0 Å². The Morgan fingerprint density at radius 1 is 1.05 bits per heavy atom. The summed E-state index contributed by atoms with van der Waals surface area (Å²) < 4.78 is 0. The number of rotatable bonds is 4. The van der Waals surface area contributed by atoms with Crippen LogP contribution < -0.4 is 5.73 Å². The maximum atomic E-state index is 6.29. The first-order valence-corrected chi connectivity index (χ1v) is 8.83. The third kappa shape index (κ3) is 2.77. The summed E-state index contributed by atoms with van der Waals surface area (Å²) >= 11 is 0. The van der Waals surface area contributed by atoms with Crippen LogP contribution >= 0.6 is 0 Å². The molecular formula is C17H33N3. The smallest absolute Gasteiger partial charge is 0.0360 e. The van der Waals surface area contributed by atoms with Gasteiger partial charge in [-0.25, -0.2) is 0 Å². The Morgan fingerprint density at radius 2 is 1.75 bits per heavy atom. The summed E-state index contributed by atoms with van der Waals surface area (Å²) in [5.74, 6) is 2.60. The highest BCUT2D eigenvalue weighted by atomic mass is 15.3. The second-order valence-corrected chi connectivity index (χ2v) is 7.70. The lowest BCUT2D eigenvalue weighted by Crippen LogP contribution is -2.65. The largest absolute Gasteiger partial charge is 0.329 e. The van der Waals surface area contributed by atoms with Gasteiger partial charge in [0, 0.05) is 44.8 Å². The predicted octanol–water partition coefficient (Wildman–Crippen LogP) is 2.17. The van der Waals surface area contributed by atoms with Gasteiger partial charge in [0.05, 0.1) is 0 Å². The standard InChI is InChI=1S/C17H33N3/c1-14-4-3-7-17(13-18,15(14)2)20-10-8-19(9-11-20)12-16-5-6-16/h14-16H,3-13,18H2,1-2H3. The molecule has 1 heterocycles. The zero-order chi connectivity index (χ0) is 14.2. The van der Waals surface area contributed by atoms with Gasteiger partial charge < -0.3 is 10.6 Å². The molecule has 0 aromatic heterocycles. The van der Waals surface area contributed by atoms with Gasteiger partial charge in [0.1, 0.15) is 0 Å². The molecule has 1 saturated heterocycles. The van der Waals surface area contributed by atoms with Crippen LogP contribution in [0.25, 0.3) is 0 Å². The molecule has 0 aromatic carbocycles. The van der Waals surface area contributed by atoms with Gasteiger partial charge in [0.2, 0.25) is 0 Å². The molecule has 2 N–H and O–H groups in total. The van der Waals surface area contributed by atoms with Crippen molar-refractivity contribution in [2.45, 2.75) is 51.5 Å². The normalized spacial score (nSPS) is 41.0. The van der Waals surface area contributed by atoms with E-state index in [-0.39, 0.29) is 0 Å². The zero-order valence-electron chi connectivity index (χ0n) is 13.5. The van der Waals surface area contributed by atoms with Crippen LogP contribution in [0.3, 0.4) is 0 Å². The fourth-order valence-electron chi connectivity index (χ4n) is 4.64. The van der Waals surface area contributed by atoms with E-state index in [1.165, 1.54) is 64.8 Å². The van der Waals surface area contributed by atoms with Crippen LogP contribution in [0.15, 0.2) is 0 Å². The van der Waals surface area contributed by atoms with E-state index in [1.807, 2.05) is 0 Å². The van der Waals surface area contributed by atoms with Gasteiger partial charge in [-0.05, 0) is 37.0 Å². The Bertz CT molecular complexity index is 320. The van der Waals surface area contributed by atoms with Crippen molar-refractivity contribution < 1.29 is 0 Å². The van der Waals surface area contributed by atoms with Gasteiger partial charge in [-0.15, -0.1) is 0 Å². The summed E-state index contributed by atoms with van der Waals surface area (Å²) in [4.78, 5) is 5.45. The SMILES string of the molecule is CC1CCCC(CN)(N2CCN(CC3CC3)CC2)C1C. The van der Waals surface area contributed by atoms with Crippen molar-refractivity contribution in [2.24, 2.45) is 23.5 Å². The molecule has 0 amide bonds. The van der Waals surface area contributed by atoms with Gasteiger partial charge in [-0.1, -0.05) is 26.7 Å². The molecule has 3 rings (SSSR count). The highest BCUT2D eigenvalue weighted by Gasteiger charge is 2.45. The Balaban J connectivity index is 1.61. The summed E-state index contributed by atoms with van der Waals surface area (Å²) in [5, 5.41) is 0.